The molecule has 21 heavy (non-hydrogen) atoms. The molecule has 4 heteroatoms. The van der Waals surface area contributed by atoms with Gasteiger partial charge in [0.1, 0.15) is 24.2 Å². The minimum atomic E-state index is -0.0618. The van der Waals surface area contributed by atoms with E-state index in [9.17, 15) is 5.11 Å². The number of benzene rings is 2. The summed E-state index contributed by atoms with van der Waals surface area (Å²) in [5, 5.41) is 18.3. The molecule has 0 bridgehead atoms. The number of hydrogen-bond acceptors (Lipinski definition) is 4. The highest BCUT2D eigenvalue weighted by atomic mass is 16.5. The molecule has 0 aliphatic rings. The normalized spacial score (nSPS) is 10.0. The Hall–Kier alpha value is -2.51. The van der Waals surface area contributed by atoms with E-state index >= 15 is 0 Å². The Bertz CT molecular complexity index is 674. The highest BCUT2D eigenvalue weighted by Crippen LogP contribution is 2.25. The van der Waals surface area contributed by atoms with Crippen molar-refractivity contribution in [1.29, 1.82) is 5.26 Å². The Balaban J connectivity index is 2.19. The van der Waals surface area contributed by atoms with Gasteiger partial charge in [0.05, 0.1) is 19.3 Å². The van der Waals surface area contributed by atoms with Gasteiger partial charge in [-0.05, 0) is 30.2 Å². The summed E-state index contributed by atoms with van der Waals surface area (Å²) in [6.45, 7) is 2.22. The van der Waals surface area contributed by atoms with Crippen LogP contribution in [-0.2, 0) is 13.2 Å². The van der Waals surface area contributed by atoms with Gasteiger partial charge in [-0.2, -0.15) is 5.26 Å². The Labute approximate surface area is 124 Å². The molecule has 0 spiro atoms. The summed E-state index contributed by atoms with van der Waals surface area (Å²) >= 11 is 0. The number of nitrogens with zero attached hydrogens (tertiary/aromatic N) is 1. The van der Waals surface area contributed by atoms with E-state index < -0.39 is 0 Å². The summed E-state index contributed by atoms with van der Waals surface area (Å²) in [6.07, 6.45) is 0. The number of nitriles is 1. The van der Waals surface area contributed by atoms with Gasteiger partial charge in [-0.3, -0.25) is 0 Å². The smallest absolute Gasteiger partial charge is 0.137 e. The number of rotatable bonds is 5. The molecule has 0 heterocycles. The fraction of sp³-hybridized carbons (Fsp3) is 0.235. The molecule has 0 aliphatic heterocycles. The predicted molar refractivity (Wildman–Crippen MR) is 79.1 cm³/mol. The van der Waals surface area contributed by atoms with E-state index in [1.54, 1.807) is 12.1 Å². The number of methoxy groups -OCH3 is 1. The number of aliphatic hydroxyl groups excluding tert-OH is 1. The van der Waals surface area contributed by atoms with Gasteiger partial charge in [0.15, 0.2) is 0 Å². The Morgan fingerprint density at radius 1 is 1.24 bits per heavy atom. The fourth-order valence-corrected chi connectivity index (χ4v) is 2.12. The molecule has 0 amide bonds. The van der Waals surface area contributed by atoms with Crippen molar-refractivity contribution >= 4 is 0 Å². The second-order valence-corrected chi connectivity index (χ2v) is 4.66. The van der Waals surface area contributed by atoms with Crippen LogP contribution in [0, 0.1) is 18.3 Å². The zero-order valence-corrected chi connectivity index (χ0v) is 12.1. The van der Waals surface area contributed by atoms with Crippen molar-refractivity contribution in [2.24, 2.45) is 0 Å². The van der Waals surface area contributed by atoms with Crippen LogP contribution in [0.4, 0.5) is 0 Å². The standard InChI is InChI=1S/C17H17NO3/c1-12-4-3-5-15(10-19)17(12)21-11-13-6-7-14(9-18)16(8-13)20-2/h3-8,19H,10-11H2,1-2H3. The molecule has 0 aliphatic carbocycles. The van der Waals surface area contributed by atoms with Crippen LogP contribution < -0.4 is 9.47 Å². The lowest BCUT2D eigenvalue weighted by Gasteiger charge is -2.13. The number of ether oxygens (including phenoxy) is 2. The summed E-state index contributed by atoms with van der Waals surface area (Å²) in [4.78, 5) is 0. The Kier molecular flexibility index (Phi) is 4.81. The van der Waals surface area contributed by atoms with Crippen molar-refractivity contribution in [3.63, 3.8) is 0 Å². The fourth-order valence-electron chi connectivity index (χ4n) is 2.12. The lowest BCUT2D eigenvalue weighted by atomic mass is 10.1. The van der Waals surface area contributed by atoms with Crippen LogP contribution in [0.2, 0.25) is 0 Å². The molecule has 0 unspecified atom stereocenters. The number of aryl methyl sites for hydroxylation is 1. The molecule has 2 rings (SSSR count). The predicted octanol–water partition coefficient (Wildman–Crippen LogP) is 2.95. The van der Waals surface area contributed by atoms with Crippen LogP contribution in [0.25, 0.3) is 0 Å². The molecule has 108 valence electrons. The zero-order chi connectivity index (χ0) is 15.2. The molecule has 0 saturated carbocycles. The van der Waals surface area contributed by atoms with Gasteiger partial charge in [-0.15, -0.1) is 0 Å². The molecule has 0 radical (unpaired) electrons. The average molecular weight is 283 g/mol. The van der Waals surface area contributed by atoms with Crippen molar-refractivity contribution in [3.8, 4) is 17.6 Å². The quantitative estimate of drug-likeness (QED) is 0.916. The zero-order valence-electron chi connectivity index (χ0n) is 12.1. The lowest BCUT2D eigenvalue weighted by molar-refractivity contribution is 0.258. The first-order valence-corrected chi connectivity index (χ1v) is 6.58. The summed E-state index contributed by atoms with van der Waals surface area (Å²) in [5.74, 6) is 1.23. The van der Waals surface area contributed by atoms with E-state index in [0.717, 1.165) is 16.7 Å². The van der Waals surface area contributed by atoms with Gasteiger partial charge in [0.25, 0.3) is 0 Å². The third kappa shape index (κ3) is 3.33. The van der Waals surface area contributed by atoms with Crippen LogP contribution in [0.1, 0.15) is 22.3 Å². The SMILES string of the molecule is COc1cc(COc2c(C)cccc2CO)ccc1C#N. The Morgan fingerprint density at radius 3 is 2.71 bits per heavy atom. The van der Waals surface area contributed by atoms with Gasteiger partial charge in [0.2, 0.25) is 0 Å². The first-order valence-electron chi connectivity index (χ1n) is 6.58. The van der Waals surface area contributed by atoms with E-state index in [2.05, 4.69) is 6.07 Å². The molecule has 0 atom stereocenters. The number of aliphatic hydroxyl groups is 1. The first-order chi connectivity index (χ1) is 10.2. The Morgan fingerprint density at radius 2 is 2.05 bits per heavy atom. The van der Waals surface area contributed by atoms with Crippen molar-refractivity contribution in [2.45, 2.75) is 20.1 Å². The topological polar surface area (TPSA) is 62.5 Å². The van der Waals surface area contributed by atoms with E-state index in [4.69, 9.17) is 14.7 Å². The monoisotopic (exact) mass is 283 g/mol. The van der Waals surface area contributed by atoms with Gasteiger partial charge >= 0.3 is 0 Å². The summed E-state index contributed by atoms with van der Waals surface area (Å²) in [5.41, 5.74) is 3.13. The highest BCUT2D eigenvalue weighted by molar-refractivity contribution is 5.45. The average Bonchev–Trinajstić information content (AvgIpc) is 2.53. The molecule has 0 aromatic heterocycles. The third-order valence-electron chi connectivity index (χ3n) is 3.23. The van der Waals surface area contributed by atoms with Crippen LogP contribution in [0.5, 0.6) is 11.5 Å². The highest BCUT2D eigenvalue weighted by Gasteiger charge is 2.08. The van der Waals surface area contributed by atoms with Crippen LogP contribution in [0.3, 0.4) is 0 Å². The third-order valence-corrected chi connectivity index (χ3v) is 3.23. The summed E-state index contributed by atoms with van der Waals surface area (Å²) < 4.78 is 11.0. The van der Waals surface area contributed by atoms with Gasteiger partial charge in [-0.1, -0.05) is 24.3 Å². The molecular weight excluding hydrogens is 266 g/mol. The lowest BCUT2D eigenvalue weighted by Crippen LogP contribution is -2.01. The minimum absolute atomic E-state index is 0.0618. The second-order valence-electron chi connectivity index (χ2n) is 4.66. The van der Waals surface area contributed by atoms with Gasteiger partial charge in [-0.25, -0.2) is 0 Å². The van der Waals surface area contributed by atoms with Crippen LogP contribution >= 0.6 is 0 Å². The minimum Gasteiger partial charge on any atom is -0.495 e. The maximum atomic E-state index is 9.35. The summed E-state index contributed by atoms with van der Waals surface area (Å²) in [6, 6.07) is 13.1. The van der Waals surface area contributed by atoms with E-state index in [1.165, 1.54) is 7.11 Å². The first kappa shape index (κ1) is 14.9. The van der Waals surface area contributed by atoms with Crippen molar-refractivity contribution in [3.05, 3.63) is 58.7 Å². The van der Waals surface area contributed by atoms with Crippen molar-refractivity contribution in [1.82, 2.24) is 0 Å². The van der Waals surface area contributed by atoms with Crippen LogP contribution in [-0.4, -0.2) is 12.2 Å². The number of para-hydroxylation sites is 1. The summed E-state index contributed by atoms with van der Waals surface area (Å²) in [7, 11) is 1.53. The largest absolute Gasteiger partial charge is 0.495 e. The molecule has 0 fully saturated rings. The van der Waals surface area contributed by atoms with Crippen LogP contribution in [0.15, 0.2) is 36.4 Å². The van der Waals surface area contributed by atoms with Crippen molar-refractivity contribution < 1.29 is 14.6 Å². The molecule has 2 aromatic carbocycles. The molecule has 4 nitrogen and oxygen atoms in total. The van der Waals surface area contributed by atoms with E-state index in [0.29, 0.717) is 23.7 Å². The van der Waals surface area contributed by atoms with Gasteiger partial charge < -0.3 is 14.6 Å². The maximum Gasteiger partial charge on any atom is 0.137 e. The van der Waals surface area contributed by atoms with Crippen molar-refractivity contribution in [2.75, 3.05) is 7.11 Å². The number of hydrogen-bond donors (Lipinski definition) is 1. The molecule has 2 aromatic rings. The van der Waals surface area contributed by atoms with E-state index in [-0.39, 0.29) is 6.61 Å². The maximum absolute atomic E-state index is 9.35. The van der Waals surface area contributed by atoms with Gasteiger partial charge in [0, 0.05) is 5.56 Å². The van der Waals surface area contributed by atoms with E-state index in [1.807, 2.05) is 31.2 Å². The molecule has 0 saturated heterocycles. The molecule has 1 N–H and O–H groups in total. The molecular formula is C17H17NO3. The second kappa shape index (κ2) is 6.78.